The van der Waals surface area contributed by atoms with E-state index in [0.717, 1.165) is 18.5 Å². The molecule has 0 spiro atoms. The normalized spacial score (nSPS) is 28.9. The van der Waals surface area contributed by atoms with E-state index in [1.165, 1.54) is 8.61 Å². The minimum absolute atomic E-state index is 0.148. The summed E-state index contributed by atoms with van der Waals surface area (Å²) in [6.07, 6.45) is 2.92. The van der Waals surface area contributed by atoms with Crippen LogP contribution in [0.2, 0.25) is 0 Å². The summed E-state index contributed by atoms with van der Waals surface area (Å²) >= 11 is 0. The van der Waals surface area contributed by atoms with Gasteiger partial charge in [0.2, 0.25) is 0 Å². The highest BCUT2D eigenvalue weighted by Crippen LogP contribution is 2.33. The van der Waals surface area contributed by atoms with Crippen LogP contribution in [-0.4, -0.2) is 67.5 Å². The highest BCUT2D eigenvalue weighted by molar-refractivity contribution is 7.86. The maximum Gasteiger partial charge on any atom is 0.281 e. The van der Waals surface area contributed by atoms with E-state index < -0.39 is 10.2 Å². The summed E-state index contributed by atoms with van der Waals surface area (Å²) in [5.41, 5.74) is 0.828. The van der Waals surface area contributed by atoms with Crippen LogP contribution in [0, 0.1) is 0 Å². The molecule has 0 saturated carbocycles. The smallest absolute Gasteiger partial charge is 0.281 e. The fourth-order valence-electron chi connectivity index (χ4n) is 3.17. The van der Waals surface area contributed by atoms with Gasteiger partial charge in [-0.15, -0.1) is 0 Å². The van der Waals surface area contributed by atoms with Gasteiger partial charge in [0.1, 0.15) is 6.10 Å². The number of rotatable bonds is 5. The van der Waals surface area contributed by atoms with Crippen molar-refractivity contribution in [2.45, 2.75) is 37.7 Å². The standard InChI is InChI=1S/C15H23N3O4S/c1-17(2)23(19,20)18-10-14(15-13(18)7-5-9-21-15)22-11-12-6-3-4-8-16-12/h3-4,6,8,13-15H,5,7,9-11H2,1-2H3/t13-,14+,15+/m0/s1. The molecule has 0 unspecified atom stereocenters. The molecular formula is C15H23N3O4S. The van der Waals surface area contributed by atoms with E-state index in [-0.39, 0.29) is 18.2 Å². The molecule has 7 nitrogen and oxygen atoms in total. The molecule has 0 N–H and O–H groups in total. The van der Waals surface area contributed by atoms with Crippen molar-refractivity contribution in [2.24, 2.45) is 0 Å². The van der Waals surface area contributed by atoms with Gasteiger partial charge < -0.3 is 9.47 Å². The Bertz CT molecular complexity index is 623. The van der Waals surface area contributed by atoms with E-state index in [9.17, 15) is 8.42 Å². The molecule has 3 atom stereocenters. The first-order chi connectivity index (χ1) is 11.0. The lowest BCUT2D eigenvalue weighted by Gasteiger charge is -2.32. The zero-order valence-electron chi connectivity index (χ0n) is 13.5. The van der Waals surface area contributed by atoms with Gasteiger partial charge in [-0.05, 0) is 25.0 Å². The highest BCUT2D eigenvalue weighted by Gasteiger charge is 2.49. The monoisotopic (exact) mass is 341 g/mol. The summed E-state index contributed by atoms with van der Waals surface area (Å²) < 4.78 is 39.6. The molecule has 23 heavy (non-hydrogen) atoms. The van der Waals surface area contributed by atoms with Gasteiger partial charge in [-0.1, -0.05) is 6.07 Å². The van der Waals surface area contributed by atoms with Crippen LogP contribution in [-0.2, 0) is 26.3 Å². The van der Waals surface area contributed by atoms with E-state index in [1.807, 2.05) is 18.2 Å². The molecule has 0 aliphatic carbocycles. The molecule has 0 aromatic carbocycles. The first-order valence-electron chi connectivity index (χ1n) is 7.82. The van der Waals surface area contributed by atoms with Gasteiger partial charge in [0.25, 0.3) is 10.2 Å². The third-order valence-corrected chi connectivity index (χ3v) is 6.29. The second kappa shape index (κ2) is 6.82. The van der Waals surface area contributed by atoms with Crippen LogP contribution < -0.4 is 0 Å². The SMILES string of the molecule is CN(C)S(=O)(=O)N1C[C@@H](OCc2ccccn2)[C@@H]2OCCC[C@@H]21. The van der Waals surface area contributed by atoms with Crippen LogP contribution >= 0.6 is 0 Å². The van der Waals surface area contributed by atoms with E-state index in [0.29, 0.717) is 19.8 Å². The number of pyridine rings is 1. The summed E-state index contributed by atoms with van der Waals surface area (Å²) in [4.78, 5) is 4.23. The van der Waals surface area contributed by atoms with Crippen molar-refractivity contribution in [2.75, 3.05) is 27.2 Å². The molecule has 3 heterocycles. The first-order valence-corrected chi connectivity index (χ1v) is 9.22. The van der Waals surface area contributed by atoms with Crippen LogP contribution in [0.1, 0.15) is 18.5 Å². The fourth-order valence-corrected chi connectivity index (χ4v) is 4.49. The highest BCUT2D eigenvalue weighted by atomic mass is 32.2. The van der Waals surface area contributed by atoms with E-state index in [1.54, 1.807) is 20.3 Å². The van der Waals surface area contributed by atoms with Crippen LogP contribution in [0.15, 0.2) is 24.4 Å². The Morgan fingerprint density at radius 1 is 1.43 bits per heavy atom. The number of nitrogens with zero attached hydrogens (tertiary/aromatic N) is 3. The van der Waals surface area contributed by atoms with Crippen molar-refractivity contribution in [1.82, 2.24) is 13.6 Å². The Balaban J connectivity index is 1.74. The molecule has 0 amide bonds. The van der Waals surface area contributed by atoms with E-state index >= 15 is 0 Å². The van der Waals surface area contributed by atoms with Crippen LogP contribution in [0.3, 0.4) is 0 Å². The summed E-state index contributed by atoms with van der Waals surface area (Å²) in [7, 11) is -0.368. The number of aromatic nitrogens is 1. The number of hydrogen-bond donors (Lipinski definition) is 0. The fraction of sp³-hybridized carbons (Fsp3) is 0.667. The quantitative estimate of drug-likeness (QED) is 0.786. The lowest BCUT2D eigenvalue weighted by molar-refractivity contribution is -0.0807. The number of hydrogen-bond acceptors (Lipinski definition) is 5. The maximum atomic E-state index is 12.5. The van der Waals surface area contributed by atoms with Gasteiger partial charge in [0, 0.05) is 33.4 Å². The molecule has 2 aliphatic rings. The second-order valence-corrected chi connectivity index (χ2v) is 8.17. The molecule has 128 valence electrons. The van der Waals surface area contributed by atoms with Gasteiger partial charge in [0.05, 0.1) is 24.4 Å². The maximum absolute atomic E-state index is 12.5. The zero-order valence-corrected chi connectivity index (χ0v) is 14.3. The van der Waals surface area contributed by atoms with Crippen molar-refractivity contribution in [3.05, 3.63) is 30.1 Å². The Kier molecular flexibility index (Phi) is 4.98. The van der Waals surface area contributed by atoms with E-state index in [4.69, 9.17) is 9.47 Å². The predicted octanol–water partition coefficient (Wildman–Crippen LogP) is 0.636. The molecule has 8 heteroatoms. The molecule has 1 aromatic heterocycles. The Labute approximate surface area is 137 Å². The summed E-state index contributed by atoms with van der Waals surface area (Å²) in [5, 5.41) is 0. The van der Waals surface area contributed by atoms with Crippen LogP contribution in [0.4, 0.5) is 0 Å². The Morgan fingerprint density at radius 2 is 2.26 bits per heavy atom. The molecule has 3 rings (SSSR count). The molecule has 1 aromatic rings. The molecule has 0 radical (unpaired) electrons. The third-order valence-electron chi connectivity index (χ3n) is 4.36. The van der Waals surface area contributed by atoms with Crippen LogP contribution in [0.5, 0.6) is 0 Å². The van der Waals surface area contributed by atoms with Gasteiger partial charge in [-0.3, -0.25) is 4.98 Å². The number of fused-ring (bicyclic) bond motifs is 1. The van der Waals surface area contributed by atoms with Gasteiger partial charge in [0.15, 0.2) is 0 Å². The minimum Gasteiger partial charge on any atom is -0.374 e. The lowest BCUT2D eigenvalue weighted by atomic mass is 10.0. The zero-order chi connectivity index (χ0) is 16.4. The largest absolute Gasteiger partial charge is 0.374 e. The number of ether oxygens (including phenoxy) is 2. The van der Waals surface area contributed by atoms with Gasteiger partial charge in [-0.25, -0.2) is 0 Å². The predicted molar refractivity (Wildman–Crippen MR) is 84.9 cm³/mol. The Hall–Kier alpha value is -1.06. The van der Waals surface area contributed by atoms with Crippen molar-refractivity contribution in [3.8, 4) is 0 Å². The summed E-state index contributed by atoms with van der Waals surface area (Å²) in [6, 6.07) is 5.50. The van der Waals surface area contributed by atoms with Gasteiger partial charge >= 0.3 is 0 Å². The van der Waals surface area contributed by atoms with Crippen molar-refractivity contribution >= 4 is 10.2 Å². The third kappa shape index (κ3) is 3.41. The second-order valence-electron chi connectivity index (χ2n) is 6.08. The Morgan fingerprint density at radius 3 is 2.96 bits per heavy atom. The van der Waals surface area contributed by atoms with Crippen molar-refractivity contribution in [3.63, 3.8) is 0 Å². The average Bonchev–Trinajstić information content (AvgIpc) is 2.93. The van der Waals surface area contributed by atoms with Gasteiger partial charge in [-0.2, -0.15) is 17.0 Å². The molecule has 2 aliphatic heterocycles. The topological polar surface area (TPSA) is 72.0 Å². The van der Waals surface area contributed by atoms with Crippen molar-refractivity contribution in [1.29, 1.82) is 0 Å². The summed E-state index contributed by atoms with van der Waals surface area (Å²) in [6.45, 7) is 1.33. The molecule has 2 fully saturated rings. The minimum atomic E-state index is -3.47. The summed E-state index contributed by atoms with van der Waals surface area (Å²) in [5.74, 6) is 0. The van der Waals surface area contributed by atoms with Crippen molar-refractivity contribution < 1.29 is 17.9 Å². The van der Waals surface area contributed by atoms with Crippen LogP contribution in [0.25, 0.3) is 0 Å². The first kappa shape index (κ1) is 16.8. The molecule has 2 saturated heterocycles. The average molecular weight is 341 g/mol. The lowest BCUT2D eigenvalue weighted by Crippen LogP contribution is -2.47. The molecule has 0 bridgehead atoms. The van der Waals surface area contributed by atoms with E-state index in [2.05, 4.69) is 4.98 Å². The molecular weight excluding hydrogens is 318 g/mol.